The predicted octanol–water partition coefficient (Wildman–Crippen LogP) is 1.32. The van der Waals surface area contributed by atoms with E-state index in [2.05, 4.69) is 30.5 Å². The molecule has 1 N–H and O–H groups in total. The molecule has 0 spiro atoms. The first kappa shape index (κ1) is 13.4. The monoisotopic (exact) mass is 243 g/mol. The van der Waals surface area contributed by atoms with Crippen molar-refractivity contribution in [3.8, 4) is 0 Å². The summed E-state index contributed by atoms with van der Waals surface area (Å²) < 4.78 is 13.1. The van der Waals surface area contributed by atoms with Gasteiger partial charge in [-0.15, -0.1) is 0 Å². The Morgan fingerprint density at radius 3 is 2.88 bits per heavy atom. The highest BCUT2D eigenvalue weighted by Gasteiger charge is 2.07. The Labute approximate surface area is 99.9 Å². The van der Waals surface area contributed by atoms with E-state index in [4.69, 9.17) is 0 Å². The van der Waals surface area contributed by atoms with Crippen LogP contribution in [0, 0.1) is 0 Å². The van der Waals surface area contributed by atoms with Gasteiger partial charge in [0.1, 0.15) is 0 Å². The molecule has 4 nitrogen and oxygen atoms in total. The molecule has 0 aliphatic carbocycles. The van der Waals surface area contributed by atoms with Gasteiger partial charge in [-0.3, -0.25) is 8.89 Å². The Hall–Kier alpha value is -0.680. The van der Waals surface area contributed by atoms with Crippen molar-refractivity contribution < 1.29 is 4.21 Å². The Balaban J connectivity index is 2.34. The lowest BCUT2D eigenvalue weighted by atomic mass is 10.2. The van der Waals surface area contributed by atoms with Crippen LogP contribution in [-0.4, -0.2) is 32.0 Å². The van der Waals surface area contributed by atoms with Crippen LogP contribution in [0.4, 0.5) is 0 Å². The first-order chi connectivity index (χ1) is 7.67. The summed E-state index contributed by atoms with van der Waals surface area (Å²) >= 11 is 0. The number of hydrogen-bond acceptors (Lipinski definition) is 3. The van der Waals surface area contributed by atoms with E-state index < -0.39 is 10.8 Å². The maximum absolute atomic E-state index is 11.2. The number of nitrogens with one attached hydrogen (secondary N) is 1. The van der Waals surface area contributed by atoms with E-state index in [1.807, 2.05) is 17.8 Å². The molecular weight excluding hydrogens is 222 g/mol. The average Bonchev–Trinajstić information content (AvgIpc) is 2.77. The summed E-state index contributed by atoms with van der Waals surface area (Å²) in [4.78, 5) is 0. The molecule has 0 aliphatic rings. The van der Waals surface area contributed by atoms with Crippen molar-refractivity contribution in [3.05, 3.63) is 18.0 Å². The quantitative estimate of drug-likeness (QED) is 0.786. The van der Waals surface area contributed by atoms with Gasteiger partial charge in [-0.25, -0.2) is 0 Å². The van der Waals surface area contributed by atoms with Crippen LogP contribution in [0.1, 0.15) is 32.4 Å². The molecule has 0 saturated carbocycles. The van der Waals surface area contributed by atoms with Gasteiger partial charge >= 0.3 is 0 Å². The minimum Gasteiger partial charge on any atom is -0.309 e. The van der Waals surface area contributed by atoms with Crippen LogP contribution in [0.5, 0.6) is 0 Å². The molecule has 0 saturated heterocycles. The molecule has 0 radical (unpaired) electrons. The first-order valence-corrected chi connectivity index (χ1v) is 7.26. The largest absolute Gasteiger partial charge is 0.309 e. The van der Waals surface area contributed by atoms with Gasteiger partial charge in [-0.1, -0.05) is 6.92 Å². The van der Waals surface area contributed by atoms with Gasteiger partial charge in [0.05, 0.1) is 6.20 Å². The second-order valence-electron chi connectivity index (χ2n) is 3.74. The zero-order valence-corrected chi connectivity index (χ0v) is 11.1. The highest BCUT2D eigenvalue weighted by atomic mass is 32.2. The maximum atomic E-state index is 11.2. The fraction of sp³-hybridized carbons (Fsp3) is 0.727. The molecule has 1 aromatic rings. The van der Waals surface area contributed by atoms with Crippen molar-refractivity contribution >= 4 is 10.8 Å². The molecule has 1 heterocycles. The molecule has 2 unspecified atom stereocenters. The van der Waals surface area contributed by atoms with E-state index in [9.17, 15) is 4.21 Å². The molecular formula is C11H21N3OS. The third-order valence-corrected chi connectivity index (χ3v) is 3.88. The molecule has 16 heavy (non-hydrogen) atoms. The molecule has 0 aromatic carbocycles. The van der Waals surface area contributed by atoms with Gasteiger partial charge in [0.2, 0.25) is 0 Å². The molecule has 0 fully saturated rings. The standard InChI is InChI=1S/C11H21N3OS/c1-4-14-9-11(8-13-14)10(3)12-6-7-16(15)5-2/h8-10,12H,4-7H2,1-3H3. The number of hydrogen-bond donors (Lipinski definition) is 1. The van der Waals surface area contributed by atoms with E-state index in [0.717, 1.165) is 24.6 Å². The second-order valence-corrected chi connectivity index (χ2v) is 5.60. The van der Waals surface area contributed by atoms with Crippen molar-refractivity contribution in [2.24, 2.45) is 0 Å². The van der Waals surface area contributed by atoms with Gasteiger partial charge in [0.15, 0.2) is 0 Å². The topological polar surface area (TPSA) is 46.9 Å². The molecule has 0 aliphatic heterocycles. The second kappa shape index (κ2) is 6.81. The van der Waals surface area contributed by atoms with Crippen LogP contribution in [0.15, 0.2) is 12.4 Å². The van der Waals surface area contributed by atoms with Crippen molar-refractivity contribution in [3.63, 3.8) is 0 Å². The lowest BCUT2D eigenvalue weighted by molar-refractivity contribution is 0.594. The van der Waals surface area contributed by atoms with Gasteiger partial charge in [0, 0.05) is 53.2 Å². The summed E-state index contributed by atoms with van der Waals surface area (Å²) in [5.41, 5.74) is 1.18. The Morgan fingerprint density at radius 2 is 2.31 bits per heavy atom. The minimum absolute atomic E-state index is 0.272. The molecule has 92 valence electrons. The smallest absolute Gasteiger partial charge is 0.0537 e. The Morgan fingerprint density at radius 1 is 1.56 bits per heavy atom. The van der Waals surface area contributed by atoms with Crippen molar-refractivity contribution in [1.29, 1.82) is 0 Å². The zero-order chi connectivity index (χ0) is 12.0. The highest BCUT2D eigenvalue weighted by Crippen LogP contribution is 2.10. The van der Waals surface area contributed by atoms with Crippen LogP contribution in [0.25, 0.3) is 0 Å². The molecule has 2 atom stereocenters. The fourth-order valence-corrected chi connectivity index (χ4v) is 2.06. The van der Waals surface area contributed by atoms with E-state index in [1.165, 1.54) is 5.56 Å². The van der Waals surface area contributed by atoms with E-state index >= 15 is 0 Å². The summed E-state index contributed by atoms with van der Waals surface area (Å²) in [6, 6.07) is 0.272. The lowest BCUT2D eigenvalue weighted by Gasteiger charge is -2.11. The van der Waals surface area contributed by atoms with Crippen molar-refractivity contribution in [2.75, 3.05) is 18.1 Å². The molecule has 0 amide bonds. The number of aryl methyl sites for hydroxylation is 1. The van der Waals surface area contributed by atoms with Crippen LogP contribution >= 0.6 is 0 Å². The summed E-state index contributed by atoms with van der Waals surface area (Å²) in [5, 5.41) is 7.59. The van der Waals surface area contributed by atoms with E-state index in [0.29, 0.717) is 0 Å². The maximum Gasteiger partial charge on any atom is 0.0537 e. The first-order valence-electron chi connectivity index (χ1n) is 5.78. The fourth-order valence-electron chi connectivity index (χ4n) is 1.43. The summed E-state index contributed by atoms with van der Waals surface area (Å²) in [6.07, 6.45) is 3.94. The highest BCUT2D eigenvalue weighted by molar-refractivity contribution is 7.84. The summed E-state index contributed by atoms with van der Waals surface area (Å²) in [6.45, 7) is 7.81. The van der Waals surface area contributed by atoms with Crippen LogP contribution < -0.4 is 5.32 Å². The summed E-state index contributed by atoms with van der Waals surface area (Å²) in [7, 11) is -0.680. The third-order valence-electron chi connectivity index (χ3n) is 2.58. The summed E-state index contributed by atoms with van der Waals surface area (Å²) in [5.74, 6) is 1.46. The molecule has 0 bridgehead atoms. The average molecular weight is 243 g/mol. The van der Waals surface area contributed by atoms with Crippen molar-refractivity contribution in [1.82, 2.24) is 15.1 Å². The third kappa shape index (κ3) is 4.06. The van der Waals surface area contributed by atoms with E-state index in [-0.39, 0.29) is 6.04 Å². The Kier molecular flexibility index (Phi) is 5.69. The van der Waals surface area contributed by atoms with Crippen LogP contribution in [0.3, 0.4) is 0 Å². The predicted molar refractivity (Wildman–Crippen MR) is 67.9 cm³/mol. The molecule has 5 heteroatoms. The van der Waals surface area contributed by atoms with Crippen LogP contribution in [0.2, 0.25) is 0 Å². The van der Waals surface area contributed by atoms with Gasteiger partial charge in [-0.2, -0.15) is 5.10 Å². The number of nitrogens with zero attached hydrogens (tertiary/aromatic N) is 2. The van der Waals surface area contributed by atoms with Gasteiger partial charge in [0.25, 0.3) is 0 Å². The Bertz CT molecular complexity index is 338. The normalized spacial score (nSPS) is 14.9. The van der Waals surface area contributed by atoms with Gasteiger partial charge in [-0.05, 0) is 13.8 Å². The lowest BCUT2D eigenvalue weighted by Crippen LogP contribution is -2.24. The van der Waals surface area contributed by atoms with E-state index in [1.54, 1.807) is 0 Å². The van der Waals surface area contributed by atoms with Crippen molar-refractivity contribution in [2.45, 2.75) is 33.4 Å². The molecule has 1 aromatic heterocycles. The SMILES string of the molecule is CCn1cc(C(C)NCCS(=O)CC)cn1. The zero-order valence-electron chi connectivity index (χ0n) is 10.3. The molecule has 1 rings (SSSR count). The number of rotatable bonds is 7. The minimum atomic E-state index is -0.680. The number of aromatic nitrogens is 2. The van der Waals surface area contributed by atoms with Gasteiger partial charge < -0.3 is 5.32 Å². The van der Waals surface area contributed by atoms with Crippen LogP contribution in [-0.2, 0) is 17.3 Å².